The first-order valence-corrected chi connectivity index (χ1v) is 10.7. The van der Waals surface area contributed by atoms with Crippen LogP contribution in [0.4, 0.5) is 17.2 Å². The number of nitrogens with zero attached hydrogens (tertiary/aromatic N) is 4. The predicted octanol–water partition coefficient (Wildman–Crippen LogP) is 2.72. The molecule has 0 aliphatic rings. The van der Waals surface area contributed by atoms with Crippen molar-refractivity contribution in [3.63, 3.8) is 0 Å². The number of benzene rings is 2. The Morgan fingerprint density at radius 2 is 1.88 bits per heavy atom. The number of sulfonamides is 1. The third-order valence-electron chi connectivity index (χ3n) is 4.76. The maximum absolute atomic E-state index is 13.1. The van der Waals surface area contributed by atoms with Crippen molar-refractivity contribution in [2.75, 3.05) is 23.8 Å². The second kappa shape index (κ2) is 8.67. The van der Waals surface area contributed by atoms with Gasteiger partial charge in [0, 0.05) is 25.8 Å². The number of hydrogen-bond donors (Lipinski definition) is 1. The zero-order valence-corrected chi connectivity index (χ0v) is 18.6. The molecule has 3 rings (SSSR count). The molecule has 1 aromatic heterocycles. The summed E-state index contributed by atoms with van der Waals surface area (Å²) in [7, 11) is 0.154. The van der Waals surface area contributed by atoms with Crippen LogP contribution in [0.3, 0.4) is 0 Å². The van der Waals surface area contributed by atoms with Crippen LogP contribution in [0.15, 0.2) is 53.6 Å². The molecule has 11 nitrogen and oxygen atoms in total. The lowest BCUT2D eigenvalue weighted by Crippen LogP contribution is -2.30. The summed E-state index contributed by atoms with van der Waals surface area (Å²) >= 11 is 0. The minimum absolute atomic E-state index is 0.0239. The second-order valence-corrected chi connectivity index (χ2v) is 8.86. The third-order valence-corrected chi connectivity index (χ3v) is 6.53. The van der Waals surface area contributed by atoms with Gasteiger partial charge in [0.15, 0.2) is 11.6 Å². The van der Waals surface area contributed by atoms with E-state index in [2.05, 4.69) is 10.4 Å². The average molecular weight is 459 g/mol. The van der Waals surface area contributed by atoms with Gasteiger partial charge in [0.05, 0.1) is 23.1 Å². The quantitative estimate of drug-likeness (QED) is 0.424. The number of ether oxygens (including phenoxy) is 1. The Kier molecular flexibility index (Phi) is 6.16. The van der Waals surface area contributed by atoms with Gasteiger partial charge in [0.25, 0.3) is 15.9 Å². The zero-order chi connectivity index (χ0) is 23.6. The average Bonchev–Trinajstić information content (AvgIpc) is 3.14. The van der Waals surface area contributed by atoms with Crippen molar-refractivity contribution in [3.8, 4) is 5.75 Å². The molecule has 32 heavy (non-hydrogen) atoms. The van der Waals surface area contributed by atoms with Gasteiger partial charge in [0.2, 0.25) is 0 Å². The number of aromatic nitrogens is 2. The minimum Gasteiger partial charge on any atom is -0.490 e. The number of rotatable bonds is 7. The van der Waals surface area contributed by atoms with Gasteiger partial charge in [0.1, 0.15) is 5.56 Å². The van der Waals surface area contributed by atoms with Crippen molar-refractivity contribution >= 4 is 33.1 Å². The first-order valence-electron chi connectivity index (χ1n) is 9.27. The van der Waals surface area contributed by atoms with Gasteiger partial charge in [-0.2, -0.15) is 5.10 Å². The Hall–Kier alpha value is -3.93. The van der Waals surface area contributed by atoms with Gasteiger partial charge in [-0.05, 0) is 31.2 Å². The molecule has 1 amide bonds. The highest BCUT2D eigenvalue weighted by molar-refractivity contribution is 7.92. The Bertz CT molecular complexity index is 1280. The Labute approximate surface area is 184 Å². The molecule has 0 saturated carbocycles. The lowest BCUT2D eigenvalue weighted by Gasteiger charge is -2.21. The van der Waals surface area contributed by atoms with Crippen molar-refractivity contribution < 1.29 is 22.9 Å². The molecule has 168 valence electrons. The van der Waals surface area contributed by atoms with Gasteiger partial charge in [-0.15, -0.1) is 0 Å². The SMILES string of the molecule is COc1ccc(NC(=O)c2cnn(C)c2N(C)S(=O)(=O)c2ccc(C)cc2)cc1[N+](=O)[O-]. The van der Waals surface area contributed by atoms with E-state index in [-0.39, 0.29) is 33.4 Å². The number of aryl methyl sites for hydroxylation is 2. The van der Waals surface area contributed by atoms with Gasteiger partial charge in [-0.25, -0.2) is 8.42 Å². The Morgan fingerprint density at radius 3 is 2.47 bits per heavy atom. The third kappa shape index (κ3) is 4.25. The molecule has 3 aromatic rings. The van der Waals surface area contributed by atoms with Crippen LogP contribution >= 0.6 is 0 Å². The molecule has 0 aliphatic carbocycles. The van der Waals surface area contributed by atoms with Crippen LogP contribution < -0.4 is 14.4 Å². The largest absolute Gasteiger partial charge is 0.490 e. The minimum atomic E-state index is -3.97. The van der Waals surface area contributed by atoms with Crippen LogP contribution in [0.5, 0.6) is 5.75 Å². The van der Waals surface area contributed by atoms with E-state index in [1.165, 1.54) is 56.3 Å². The second-order valence-electron chi connectivity index (χ2n) is 6.89. The molecule has 0 aliphatic heterocycles. The zero-order valence-electron chi connectivity index (χ0n) is 17.8. The van der Waals surface area contributed by atoms with Crippen molar-refractivity contribution in [1.29, 1.82) is 0 Å². The van der Waals surface area contributed by atoms with Gasteiger partial charge >= 0.3 is 5.69 Å². The smallest absolute Gasteiger partial charge is 0.312 e. The van der Waals surface area contributed by atoms with Gasteiger partial charge in [-0.3, -0.25) is 23.9 Å². The summed E-state index contributed by atoms with van der Waals surface area (Å²) < 4.78 is 33.3. The number of nitrogens with one attached hydrogen (secondary N) is 1. The molecule has 0 saturated heterocycles. The van der Waals surface area contributed by atoms with Crippen LogP contribution in [0, 0.1) is 17.0 Å². The maximum Gasteiger partial charge on any atom is 0.312 e. The lowest BCUT2D eigenvalue weighted by molar-refractivity contribution is -0.385. The standard InChI is InChI=1S/C20H21N5O6S/c1-13-5-8-15(9-6-13)32(29,30)24(3)20-16(12-21-23(20)2)19(26)22-14-7-10-18(31-4)17(11-14)25(27)28/h5-12H,1-4H3,(H,22,26). The molecule has 2 aromatic carbocycles. The number of nitro benzene ring substituents is 1. The summed E-state index contributed by atoms with van der Waals surface area (Å²) in [6, 6.07) is 10.3. The van der Waals surface area contributed by atoms with E-state index in [0.717, 1.165) is 15.9 Å². The normalized spacial score (nSPS) is 11.1. The molecule has 0 bridgehead atoms. The summed E-state index contributed by atoms with van der Waals surface area (Å²) in [5.74, 6) is -0.608. The number of carbonyl (C=O) groups excluding carboxylic acids is 1. The van der Waals surface area contributed by atoms with E-state index in [4.69, 9.17) is 4.74 Å². The number of methoxy groups -OCH3 is 1. The summed E-state index contributed by atoms with van der Waals surface area (Å²) in [6.07, 6.45) is 1.23. The molecule has 0 atom stereocenters. The monoisotopic (exact) mass is 459 g/mol. The highest BCUT2D eigenvalue weighted by Crippen LogP contribution is 2.31. The topological polar surface area (TPSA) is 137 Å². The number of anilines is 2. The highest BCUT2D eigenvalue weighted by Gasteiger charge is 2.29. The van der Waals surface area contributed by atoms with Crippen LogP contribution in [-0.4, -0.2) is 43.2 Å². The predicted molar refractivity (Wildman–Crippen MR) is 118 cm³/mol. The van der Waals surface area contributed by atoms with E-state index in [1.54, 1.807) is 12.1 Å². The fourth-order valence-corrected chi connectivity index (χ4v) is 4.30. The molecule has 1 heterocycles. The Morgan fingerprint density at radius 1 is 1.22 bits per heavy atom. The number of amides is 1. The number of hydrogen-bond acceptors (Lipinski definition) is 7. The van der Waals surface area contributed by atoms with E-state index >= 15 is 0 Å². The molecule has 0 radical (unpaired) electrons. The molecular formula is C20H21N5O6S. The lowest BCUT2D eigenvalue weighted by atomic mass is 10.2. The van der Waals surface area contributed by atoms with Crippen LogP contribution in [-0.2, 0) is 17.1 Å². The van der Waals surface area contributed by atoms with Crippen LogP contribution in [0.2, 0.25) is 0 Å². The fraction of sp³-hybridized carbons (Fsp3) is 0.200. The fourth-order valence-electron chi connectivity index (χ4n) is 3.06. The van der Waals surface area contributed by atoms with Crippen LogP contribution in [0.1, 0.15) is 15.9 Å². The summed E-state index contributed by atoms with van der Waals surface area (Å²) in [5.41, 5.74) is 0.696. The molecule has 1 N–H and O–H groups in total. The first kappa shape index (κ1) is 22.7. The van der Waals surface area contributed by atoms with Crippen molar-refractivity contribution in [3.05, 3.63) is 69.9 Å². The molecule has 0 spiro atoms. The molecule has 12 heteroatoms. The summed E-state index contributed by atoms with van der Waals surface area (Å²) in [4.78, 5) is 23.6. The number of carbonyl (C=O) groups is 1. The first-order chi connectivity index (χ1) is 15.1. The van der Waals surface area contributed by atoms with E-state index < -0.39 is 20.9 Å². The number of nitro groups is 1. The van der Waals surface area contributed by atoms with Gasteiger partial charge in [-0.1, -0.05) is 17.7 Å². The maximum atomic E-state index is 13.1. The van der Waals surface area contributed by atoms with E-state index in [1.807, 2.05) is 6.92 Å². The van der Waals surface area contributed by atoms with Crippen molar-refractivity contribution in [2.45, 2.75) is 11.8 Å². The van der Waals surface area contributed by atoms with E-state index in [0.29, 0.717) is 0 Å². The highest BCUT2D eigenvalue weighted by atomic mass is 32.2. The van der Waals surface area contributed by atoms with Crippen LogP contribution in [0.25, 0.3) is 0 Å². The molecule has 0 unspecified atom stereocenters. The van der Waals surface area contributed by atoms with Crippen molar-refractivity contribution in [1.82, 2.24) is 9.78 Å². The van der Waals surface area contributed by atoms with Crippen molar-refractivity contribution in [2.24, 2.45) is 7.05 Å². The molecule has 0 fully saturated rings. The van der Waals surface area contributed by atoms with Gasteiger partial charge < -0.3 is 10.1 Å². The summed E-state index contributed by atoms with van der Waals surface area (Å²) in [6.45, 7) is 1.84. The molecular weight excluding hydrogens is 438 g/mol. The Balaban J connectivity index is 1.95. The van der Waals surface area contributed by atoms with E-state index in [9.17, 15) is 23.3 Å². The summed E-state index contributed by atoms with van der Waals surface area (Å²) in [5, 5.41) is 17.8.